The fraction of sp³-hybridized carbons (Fsp3) is 0.385. The molecule has 0 spiro atoms. The van der Waals surface area contributed by atoms with Crippen molar-refractivity contribution in [3.63, 3.8) is 0 Å². The number of methoxy groups -OCH3 is 2. The second kappa shape index (κ2) is 10.8. The molecular weight excluding hydrogens is 452 g/mol. The van der Waals surface area contributed by atoms with Crippen molar-refractivity contribution in [1.29, 1.82) is 0 Å². The molecule has 180 valence electrons. The molecule has 0 radical (unpaired) electrons. The molecule has 34 heavy (non-hydrogen) atoms. The molecule has 3 aromatic rings. The Morgan fingerprint density at radius 3 is 2.56 bits per heavy atom. The van der Waals surface area contributed by atoms with E-state index in [1.807, 2.05) is 41.8 Å². The molecule has 0 fully saturated rings. The standard InChI is InChI=1S/C26H30N2O5S/c1-16(2)25(17-6-9-21-23(12-17)33-11-5-10-32-21)28-24(29)14-19-15-34-26(27-19)18-7-8-20(30-3)22(13-18)31-4/h6-9,12-13,15-16,25H,5,10-11,14H2,1-4H3,(H,28,29). The number of rotatable bonds is 8. The molecule has 1 atom stereocenters. The van der Waals surface area contributed by atoms with Crippen LogP contribution in [0.1, 0.15) is 37.6 Å². The monoisotopic (exact) mass is 482 g/mol. The van der Waals surface area contributed by atoms with Gasteiger partial charge in [0.05, 0.1) is 45.6 Å². The van der Waals surface area contributed by atoms with Gasteiger partial charge < -0.3 is 24.3 Å². The van der Waals surface area contributed by atoms with Crippen LogP contribution >= 0.6 is 11.3 Å². The van der Waals surface area contributed by atoms with E-state index in [1.165, 1.54) is 11.3 Å². The largest absolute Gasteiger partial charge is 0.493 e. The minimum absolute atomic E-state index is 0.0741. The van der Waals surface area contributed by atoms with Gasteiger partial charge in [0.15, 0.2) is 23.0 Å². The van der Waals surface area contributed by atoms with E-state index in [9.17, 15) is 4.79 Å². The lowest BCUT2D eigenvalue weighted by Gasteiger charge is -2.23. The predicted molar refractivity (Wildman–Crippen MR) is 132 cm³/mol. The van der Waals surface area contributed by atoms with E-state index in [0.29, 0.717) is 24.7 Å². The SMILES string of the molecule is COc1ccc(-c2nc(CC(=O)NC(c3ccc4c(c3)OCCCO4)C(C)C)cs2)cc1OC. The Kier molecular flexibility index (Phi) is 7.57. The van der Waals surface area contributed by atoms with Gasteiger partial charge in [0.1, 0.15) is 5.01 Å². The first-order valence-electron chi connectivity index (χ1n) is 11.3. The number of carbonyl (C=O) groups excluding carboxylic acids is 1. The van der Waals surface area contributed by atoms with Gasteiger partial charge in [0.25, 0.3) is 0 Å². The Bertz CT molecular complexity index is 1140. The maximum atomic E-state index is 12.9. The zero-order valence-electron chi connectivity index (χ0n) is 19.9. The highest BCUT2D eigenvalue weighted by Crippen LogP contribution is 2.35. The Morgan fingerprint density at radius 1 is 1.06 bits per heavy atom. The number of nitrogens with one attached hydrogen (secondary N) is 1. The molecule has 1 aromatic heterocycles. The molecule has 0 saturated heterocycles. The number of carbonyl (C=O) groups is 1. The third kappa shape index (κ3) is 5.44. The van der Waals surface area contributed by atoms with Gasteiger partial charge in [0, 0.05) is 17.4 Å². The number of nitrogens with zero attached hydrogens (tertiary/aromatic N) is 1. The Hall–Kier alpha value is -3.26. The maximum absolute atomic E-state index is 12.9. The molecule has 2 heterocycles. The molecule has 0 bridgehead atoms. The first-order chi connectivity index (χ1) is 16.5. The zero-order chi connectivity index (χ0) is 24.1. The van der Waals surface area contributed by atoms with Crippen LogP contribution in [0.4, 0.5) is 0 Å². The quantitative estimate of drug-likeness (QED) is 0.484. The van der Waals surface area contributed by atoms with Gasteiger partial charge >= 0.3 is 0 Å². The van der Waals surface area contributed by atoms with Gasteiger partial charge in [-0.2, -0.15) is 0 Å². The van der Waals surface area contributed by atoms with Crippen LogP contribution in [-0.4, -0.2) is 38.3 Å². The lowest BCUT2D eigenvalue weighted by molar-refractivity contribution is -0.121. The highest BCUT2D eigenvalue weighted by atomic mass is 32.1. The normalized spacial score (nSPS) is 13.8. The fourth-order valence-electron chi connectivity index (χ4n) is 3.89. The molecule has 1 aliphatic heterocycles. The molecule has 7 nitrogen and oxygen atoms in total. The summed E-state index contributed by atoms with van der Waals surface area (Å²) in [5.41, 5.74) is 2.65. The Labute approximate surface area is 204 Å². The summed E-state index contributed by atoms with van der Waals surface area (Å²) in [6, 6.07) is 11.4. The van der Waals surface area contributed by atoms with Crippen LogP contribution in [0.5, 0.6) is 23.0 Å². The van der Waals surface area contributed by atoms with Gasteiger partial charge in [-0.25, -0.2) is 4.98 Å². The lowest BCUT2D eigenvalue weighted by atomic mass is 9.95. The Balaban J connectivity index is 1.45. The van der Waals surface area contributed by atoms with Crippen molar-refractivity contribution >= 4 is 17.2 Å². The molecule has 1 N–H and O–H groups in total. The molecule has 4 rings (SSSR count). The van der Waals surface area contributed by atoms with Crippen molar-refractivity contribution in [3.8, 4) is 33.6 Å². The van der Waals surface area contributed by atoms with Gasteiger partial charge in [-0.15, -0.1) is 11.3 Å². The summed E-state index contributed by atoms with van der Waals surface area (Å²) in [6.07, 6.45) is 1.06. The highest BCUT2D eigenvalue weighted by molar-refractivity contribution is 7.13. The van der Waals surface area contributed by atoms with Crippen molar-refractivity contribution in [1.82, 2.24) is 10.3 Å². The van der Waals surface area contributed by atoms with Crippen LogP contribution in [0.25, 0.3) is 10.6 Å². The van der Waals surface area contributed by atoms with Crippen molar-refractivity contribution in [2.45, 2.75) is 32.7 Å². The first kappa shape index (κ1) is 23.9. The number of fused-ring (bicyclic) bond motifs is 1. The lowest BCUT2D eigenvalue weighted by Crippen LogP contribution is -2.33. The summed E-state index contributed by atoms with van der Waals surface area (Å²) in [6.45, 7) is 5.45. The third-order valence-electron chi connectivity index (χ3n) is 5.64. The van der Waals surface area contributed by atoms with Crippen LogP contribution in [-0.2, 0) is 11.2 Å². The number of aromatic nitrogens is 1. The summed E-state index contributed by atoms with van der Waals surface area (Å²) in [5.74, 6) is 2.91. The molecule has 1 unspecified atom stereocenters. The van der Waals surface area contributed by atoms with E-state index in [4.69, 9.17) is 18.9 Å². The van der Waals surface area contributed by atoms with Gasteiger partial charge in [-0.05, 0) is 41.8 Å². The number of thiazole rings is 1. The van der Waals surface area contributed by atoms with Crippen molar-refractivity contribution < 1.29 is 23.7 Å². The van der Waals surface area contributed by atoms with E-state index < -0.39 is 0 Å². The van der Waals surface area contributed by atoms with Gasteiger partial charge in [-0.3, -0.25) is 4.79 Å². The molecule has 1 aliphatic rings. The first-order valence-corrected chi connectivity index (χ1v) is 12.2. The van der Waals surface area contributed by atoms with Crippen LogP contribution in [0.2, 0.25) is 0 Å². The second-order valence-electron chi connectivity index (χ2n) is 8.44. The van der Waals surface area contributed by atoms with Crippen LogP contribution in [0.3, 0.4) is 0 Å². The average molecular weight is 483 g/mol. The van der Waals surface area contributed by atoms with E-state index in [2.05, 4.69) is 24.1 Å². The summed E-state index contributed by atoms with van der Waals surface area (Å²) in [5, 5.41) is 5.93. The summed E-state index contributed by atoms with van der Waals surface area (Å²) in [4.78, 5) is 17.6. The number of amides is 1. The molecule has 1 amide bonds. The number of hydrogen-bond acceptors (Lipinski definition) is 7. The number of hydrogen-bond donors (Lipinski definition) is 1. The Morgan fingerprint density at radius 2 is 1.82 bits per heavy atom. The zero-order valence-corrected chi connectivity index (χ0v) is 20.7. The van der Waals surface area contributed by atoms with Gasteiger partial charge in [-0.1, -0.05) is 19.9 Å². The van der Waals surface area contributed by atoms with Crippen LogP contribution in [0, 0.1) is 5.92 Å². The molecule has 0 aliphatic carbocycles. The summed E-state index contributed by atoms with van der Waals surface area (Å²) >= 11 is 1.50. The minimum atomic E-state index is -0.145. The number of benzene rings is 2. The minimum Gasteiger partial charge on any atom is -0.493 e. The topological polar surface area (TPSA) is 78.9 Å². The van der Waals surface area contributed by atoms with Crippen molar-refractivity contribution in [2.24, 2.45) is 5.92 Å². The van der Waals surface area contributed by atoms with Crippen molar-refractivity contribution in [3.05, 3.63) is 53.0 Å². The summed E-state index contributed by atoms with van der Waals surface area (Å²) in [7, 11) is 3.21. The smallest absolute Gasteiger partial charge is 0.226 e. The fourth-order valence-corrected chi connectivity index (χ4v) is 4.70. The molecule has 0 saturated carbocycles. The second-order valence-corrected chi connectivity index (χ2v) is 9.29. The predicted octanol–water partition coefficient (Wildman–Crippen LogP) is 5.04. The molecule has 8 heteroatoms. The maximum Gasteiger partial charge on any atom is 0.226 e. The molecular formula is C26H30N2O5S. The van der Waals surface area contributed by atoms with Crippen LogP contribution in [0.15, 0.2) is 41.8 Å². The molecule has 2 aromatic carbocycles. The van der Waals surface area contributed by atoms with E-state index in [-0.39, 0.29) is 24.3 Å². The summed E-state index contributed by atoms with van der Waals surface area (Å²) < 4.78 is 22.3. The van der Waals surface area contributed by atoms with E-state index >= 15 is 0 Å². The van der Waals surface area contributed by atoms with Gasteiger partial charge in [0.2, 0.25) is 5.91 Å². The van der Waals surface area contributed by atoms with Crippen molar-refractivity contribution in [2.75, 3.05) is 27.4 Å². The third-order valence-corrected chi connectivity index (χ3v) is 6.58. The highest BCUT2D eigenvalue weighted by Gasteiger charge is 2.22. The number of ether oxygens (including phenoxy) is 4. The average Bonchev–Trinajstić information content (AvgIpc) is 3.17. The van der Waals surface area contributed by atoms with E-state index in [0.717, 1.165) is 39.7 Å². The van der Waals surface area contributed by atoms with E-state index in [1.54, 1.807) is 14.2 Å². The van der Waals surface area contributed by atoms with Crippen LogP contribution < -0.4 is 24.3 Å².